The third-order valence-corrected chi connectivity index (χ3v) is 3.29. The highest BCUT2D eigenvalue weighted by Gasteiger charge is 2.19. The van der Waals surface area contributed by atoms with Gasteiger partial charge in [-0.3, -0.25) is 0 Å². The Morgan fingerprint density at radius 3 is 3.13 bits per heavy atom. The fourth-order valence-corrected chi connectivity index (χ4v) is 2.45. The quantitative estimate of drug-likeness (QED) is 0.773. The lowest BCUT2D eigenvalue weighted by atomic mass is 10.3. The van der Waals surface area contributed by atoms with Gasteiger partial charge < -0.3 is 4.74 Å². The van der Waals surface area contributed by atoms with Crippen LogP contribution in [0.4, 0.5) is 0 Å². The van der Waals surface area contributed by atoms with Crippen molar-refractivity contribution in [3.8, 4) is 10.6 Å². The van der Waals surface area contributed by atoms with Gasteiger partial charge in [0.1, 0.15) is 5.69 Å². The summed E-state index contributed by atoms with van der Waals surface area (Å²) in [5.41, 5.74) is 0.619. The maximum atomic E-state index is 11.5. The fraction of sp³-hybridized carbons (Fsp3) is 0.222. The van der Waals surface area contributed by atoms with Crippen LogP contribution in [0, 0.1) is 0 Å². The van der Waals surface area contributed by atoms with Gasteiger partial charge >= 0.3 is 5.97 Å². The molecule has 0 saturated heterocycles. The van der Waals surface area contributed by atoms with Gasteiger partial charge in [-0.25, -0.2) is 4.79 Å². The molecule has 0 N–H and O–H groups in total. The van der Waals surface area contributed by atoms with Gasteiger partial charge in [0.25, 0.3) is 0 Å². The normalized spacial score (nSPS) is 10.2. The molecule has 0 radical (unpaired) electrons. The van der Waals surface area contributed by atoms with Crippen LogP contribution >= 0.6 is 22.9 Å². The van der Waals surface area contributed by atoms with Crippen molar-refractivity contribution in [2.75, 3.05) is 6.61 Å². The Balaban J connectivity index is 2.34. The Morgan fingerprint density at radius 2 is 2.47 bits per heavy atom. The van der Waals surface area contributed by atoms with E-state index >= 15 is 0 Å². The molecule has 0 fully saturated rings. The number of carbonyl (C=O) groups excluding carboxylic acids is 1. The Bertz CT molecular complexity index is 450. The molecule has 0 saturated carbocycles. The molecule has 0 spiro atoms. The molecule has 2 aromatic rings. The highest BCUT2D eigenvalue weighted by Crippen LogP contribution is 2.28. The Labute approximate surface area is 94.7 Å². The second-order valence-corrected chi connectivity index (χ2v) is 4.35. The van der Waals surface area contributed by atoms with Crippen molar-refractivity contribution in [1.82, 2.24) is 9.59 Å². The number of hydrogen-bond donors (Lipinski definition) is 0. The van der Waals surface area contributed by atoms with Gasteiger partial charge in [0.05, 0.1) is 11.5 Å². The smallest absolute Gasteiger partial charge is 0.352 e. The van der Waals surface area contributed by atoms with Gasteiger partial charge in [0.2, 0.25) is 0 Å². The predicted octanol–water partition coefficient (Wildman–Crippen LogP) is 2.44. The van der Waals surface area contributed by atoms with E-state index in [0.29, 0.717) is 17.2 Å². The number of ether oxygens (including phenoxy) is 1. The van der Waals surface area contributed by atoms with Crippen LogP contribution in [0.15, 0.2) is 17.5 Å². The summed E-state index contributed by atoms with van der Waals surface area (Å²) < 4.78 is 8.70. The SMILES string of the molecule is CCOC(=O)c1snnc1-c1cccs1. The fourth-order valence-electron chi connectivity index (χ4n) is 1.10. The first-order valence-electron chi connectivity index (χ1n) is 4.36. The van der Waals surface area contributed by atoms with Crippen LogP contribution in [0.2, 0.25) is 0 Å². The molecule has 0 aliphatic rings. The summed E-state index contributed by atoms with van der Waals surface area (Å²) >= 11 is 2.59. The summed E-state index contributed by atoms with van der Waals surface area (Å²) in [5, 5.41) is 5.87. The first-order valence-corrected chi connectivity index (χ1v) is 6.01. The second kappa shape index (κ2) is 4.50. The van der Waals surface area contributed by atoms with Crippen LogP contribution in [0.5, 0.6) is 0 Å². The monoisotopic (exact) mass is 240 g/mol. The average Bonchev–Trinajstić information content (AvgIpc) is 2.88. The van der Waals surface area contributed by atoms with E-state index in [0.717, 1.165) is 16.4 Å². The topological polar surface area (TPSA) is 52.1 Å². The van der Waals surface area contributed by atoms with Gasteiger partial charge in [0, 0.05) is 0 Å². The molecule has 0 unspecified atom stereocenters. The summed E-state index contributed by atoms with van der Waals surface area (Å²) in [6.45, 7) is 2.14. The summed E-state index contributed by atoms with van der Waals surface area (Å²) in [6, 6.07) is 3.82. The van der Waals surface area contributed by atoms with E-state index in [1.54, 1.807) is 6.92 Å². The maximum absolute atomic E-state index is 11.5. The van der Waals surface area contributed by atoms with Crippen LogP contribution in [0.3, 0.4) is 0 Å². The third-order valence-electron chi connectivity index (χ3n) is 1.70. The maximum Gasteiger partial charge on any atom is 0.352 e. The molecule has 2 aromatic heterocycles. The Hall–Kier alpha value is -1.27. The van der Waals surface area contributed by atoms with E-state index in [4.69, 9.17) is 4.74 Å². The minimum Gasteiger partial charge on any atom is -0.462 e. The standard InChI is InChI=1S/C9H8N2O2S2/c1-2-13-9(12)8-7(10-11-15-8)6-4-3-5-14-6/h3-5H,2H2,1H3. The largest absolute Gasteiger partial charge is 0.462 e. The molecule has 15 heavy (non-hydrogen) atoms. The lowest BCUT2D eigenvalue weighted by Gasteiger charge is -1.98. The van der Waals surface area contributed by atoms with Crippen molar-refractivity contribution in [3.63, 3.8) is 0 Å². The molecule has 6 heteroatoms. The Morgan fingerprint density at radius 1 is 1.60 bits per heavy atom. The number of aromatic nitrogens is 2. The predicted molar refractivity (Wildman–Crippen MR) is 59.2 cm³/mol. The molecule has 0 amide bonds. The van der Waals surface area contributed by atoms with E-state index in [2.05, 4.69) is 9.59 Å². The summed E-state index contributed by atoms with van der Waals surface area (Å²) in [7, 11) is 0. The molecular formula is C9H8N2O2S2. The summed E-state index contributed by atoms with van der Waals surface area (Å²) in [4.78, 5) is 12.9. The zero-order valence-electron chi connectivity index (χ0n) is 7.97. The molecule has 0 aromatic carbocycles. The van der Waals surface area contributed by atoms with E-state index in [-0.39, 0.29) is 5.97 Å². The number of hydrogen-bond acceptors (Lipinski definition) is 6. The molecule has 2 rings (SSSR count). The van der Waals surface area contributed by atoms with Gasteiger partial charge in [-0.1, -0.05) is 10.6 Å². The lowest BCUT2D eigenvalue weighted by Crippen LogP contribution is -2.03. The molecule has 0 atom stereocenters. The summed E-state index contributed by atoms with van der Waals surface area (Å²) in [6.07, 6.45) is 0. The van der Waals surface area contributed by atoms with Crippen LogP contribution in [0.1, 0.15) is 16.6 Å². The molecule has 4 nitrogen and oxygen atoms in total. The highest BCUT2D eigenvalue weighted by molar-refractivity contribution is 7.14. The van der Waals surface area contributed by atoms with Gasteiger partial charge in [0.15, 0.2) is 4.88 Å². The minimum absolute atomic E-state index is 0.351. The van der Waals surface area contributed by atoms with Crippen molar-refractivity contribution in [1.29, 1.82) is 0 Å². The lowest BCUT2D eigenvalue weighted by molar-refractivity contribution is 0.0533. The highest BCUT2D eigenvalue weighted by atomic mass is 32.1. The first-order chi connectivity index (χ1) is 7.33. The molecule has 0 aliphatic carbocycles. The van der Waals surface area contributed by atoms with Crippen LogP contribution < -0.4 is 0 Å². The molecule has 0 aliphatic heterocycles. The van der Waals surface area contributed by atoms with Crippen molar-refractivity contribution in [2.24, 2.45) is 0 Å². The second-order valence-electron chi connectivity index (χ2n) is 2.65. The number of rotatable bonds is 3. The number of carbonyl (C=O) groups is 1. The molecule has 78 valence electrons. The molecule has 2 heterocycles. The van der Waals surface area contributed by atoms with Crippen LogP contribution in [-0.2, 0) is 4.74 Å². The van der Waals surface area contributed by atoms with Gasteiger partial charge in [-0.2, -0.15) is 0 Å². The van der Waals surface area contributed by atoms with Crippen LogP contribution in [0.25, 0.3) is 10.6 Å². The third kappa shape index (κ3) is 2.05. The van der Waals surface area contributed by atoms with Crippen LogP contribution in [-0.4, -0.2) is 22.2 Å². The molecule has 0 bridgehead atoms. The Kier molecular flexibility index (Phi) is 3.08. The van der Waals surface area contributed by atoms with Crippen molar-refractivity contribution < 1.29 is 9.53 Å². The van der Waals surface area contributed by atoms with E-state index in [1.165, 1.54) is 11.3 Å². The number of thiophene rings is 1. The van der Waals surface area contributed by atoms with E-state index < -0.39 is 0 Å². The molecular weight excluding hydrogens is 232 g/mol. The minimum atomic E-state index is -0.351. The first kappa shape index (κ1) is 10.3. The van der Waals surface area contributed by atoms with E-state index in [9.17, 15) is 4.79 Å². The van der Waals surface area contributed by atoms with Crippen molar-refractivity contribution in [3.05, 3.63) is 22.4 Å². The van der Waals surface area contributed by atoms with E-state index in [1.807, 2.05) is 17.5 Å². The van der Waals surface area contributed by atoms with Crippen molar-refractivity contribution >= 4 is 28.8 Å². The van der Waals surface area contributed by atoms with Gasteiger partial charge in [-0.15, -0.1) is 16.4 Å². The van der Waals surface area contributed by atoms with Gasteiger partial charge in [-0.05, 0) is 29.9 Å². The van der Waals surface area contributed by atoms with Crippen molar-refractivity contribution in [2.45, 2.75) is 6.92 Å². The zero-order chi connectivity index (χ0) is 10.7. The number of esters is 1. The number of nitrogens with zero attached hydrogens (tertiary/aromatic N) is 2. The zero-order valence-corrected chi connectivity index (χ0v) is 9.60. The summed E-state index contributed by atoms with van der Waals surface area (Å²) in [5.74, 6) is -0.351. The average molecular weight is 240 g/mol.